The summed E-state index contributed by atoms with van der Waals surface area (Å²) >= 11 is 5.57. The molecule has 3 heteroatoms. The second-order valence-corrected chi connectivity index (χ2v) is 10.9. The van der Waals surface area contributed by atoms with Crippen molar-refractivity contribution in [3.05, 3.63) is 69.7 Å². The van der Waals surface area contributed by atoms with Crippen LogP contribution >= 0.6 is 11.6 Å². The van der Waals surface area contributed by atoms with E-state index in [9.17, 15) is 8.78 Å². The Labute approximate surface area is 197 Å². The molecule has 2 aromatic rings. The summed E-state index contributed by atoms with van der Waals surface area (Å²) in [6.07, 6.45) is 15.5. The first-order valence-corrected chi connectivity index (χ1v) is 13.1. The molecule has 0 saturated heterocycles. The summed E-state index contributed by atoms with van der Waals surface area (Å²) < 4.78 is 27.3. The minimum absolute atomic E-state index is 0.420. The van der Waals surface area contributed by atoms with Gasteiger partial charge in [-0.25, -0.2) is 8.78 Å². The minimum atomic E-state index is -0.680. The summed E-state index contributed by atoms with van der Waals surface area (Å²) in [5.41, 5.74) is 3.31. The first kappa shape index (κ1) is 23.7. The Hall–Kier alpha value is -1.41. The number of hydrogen-bond acceptors (Lipinski definition) is 0. The molecule has 174 valence electrons. The van der Waals surface area contributed by atoms with E-state index in [1.165, 1.54) is 87.5 Å². The Morgan fingerprint density at radius 1 is 0.719 bits per heavy atom. The fraction of sp³-hybridized carbons (Fsp3) is 0.586. The minimum Gasteiger partial charge on any atom is -0.205 e. The molecule has 0 aromatic heterocycles. The second kappa shape index (κ2) is 11.1. The van der Waals surface area contributed by atoms with Crippen LogP contribution in [-0.4, -0.2) is 0 Å². The lowest BCUT2D eigenvalue weighted by atomic mass is 9.74. The molecule has 0 atom stereocenters. The fourth-order valence-electron chi connectivity index (χ4n) is 5.87. The quantitative estimate of drug-likeness (QED) is 0.362. The van der Waals surface area contributed by atoms with Gasteiger partial charge in [-0.1, -0.05) is 81.3 Å². The van der Waals surface area contributed by atoms with Crippen LogP contribution in [0.15, 0.2) is 36.4 Å². The Morgan fingerprint density at radius 3 is 1.78 bits per heavy atom. The van der Waals surface area contributed by atoms with Crippen LogP contribution < -0.4 is 0 Å². The molecule has 0 bridgehead atoms. The predicted octanol–water partition coefficient (Wildman–Crippen LogP) is 9.28. The summed E-state index contributed by atoms with van der Waals surface area (Å²) in [4.78, 5) is 0. The number of rotatable bonds is 7. The highest BCUT2D eigenvalue weighted by molar-refractivity contribution is 6.30. The smallest absolute Gasteiger partial charge is 0.145 e. The van der Waals surface area contributed by atoms with Gasteiger partial charge in [0.15, 0.2) is 0 Å². The largest absolute Gasteiger partial charge is 0.205 e. The third kappa shape index (κ3) is 6.34. The predicted molar refractivity (Wildman–Crippen MR) is 130 cm³/mol. The van der Waals surface area contributed by atoms with Gasteiger partial charge in [-0.3, -0.25) is 0 Å². The van der Waals surface area contributed by atoms with E-state index < -0.39 is 16.7 Å². The molecule has 0 aliphatic heterocycles. The van der Waals surface area contributed by atoms with Gasteiger partial charge in [-0.05, 0) is 91.0 Å². The Morgan fingerprint density at radius 2 is 1.22 bits per heavy atom. The van der Waals surface area contributed by atoms with Crippen LogP contribution in [0.1, 0.15) is 93.7 Å². The van der Waals surface area contributed by atoms with Crippen LogP contribution in [0.3, 0.4) is 0 Å². The monoisotopic (exact) mass is 458 g/mol. The first-order valence-electron chi connectivity index (χ1n) is 12.7. The van der Waals surface area contributed by atoms with Crippen molar-refractivity contribution in [2.24, 2.45) is 17.8 Å². The molecule has 4 rings (SSSR count). The van der Waals surface area contributed by atoms with Gasteiger partial charge in [0.1, 0.15) is 16.7 Å². The Kier molecular flexibility index (Phi) is 8.27. The highest BCUT2D eigenvalue weighted by Gasteiger charge is 2.24. The maximum Gasteiger partial charge on any atom is 0.145 e. The Bertz CT molecular complexity index is 836. The topological polar surface area (TPSA) is 0 Å². The molecule has 0 heterocycles. The molecule has 2 saturated carbocycles. The van der Waals surface area contributed by atoms with E-state index >= 15 is 0 Å². The van der Waals surface area contributed by atoms with Crippen LogP contribution in [0.5, 0.6) is 0 Å². The fourth-order valence-corrected chi connectivity index (χ4v) is 5.98. The normalized spacial score (nSPS) is 26.2. The van der Waals surface area contributed by atoms with Crippen molar-refractivity contribution >= 4 is 11.6 Å². The van der Waals surface area contributed by atoms with Gasteiger partial charge in [0.25, 0.3) is 0 Å². The Balaban J connectivity index is 1.21. The molecule has 0 spiro atoms. The molecule has 2 aliphatic carbocycles. The standard InChI is InChI=1S/C29H37ClF2/c1-20-2-4-21(5-3-20)6-7-22-10-14-25(15-11-22)26-16-12-23(13-17-26)8-9-24-18-27(31)29(30)28(32)19-24/h12-13,16-22,25H,2-11,14-15H2,1H3/t20-,21-,22?,25?. The molecular weight excluding hydrogens is 422 g/mol. The first-order chi connectivity index (χ1) is 15.5. The average Bonchev–Trinajstić information content (AvgIpc) is 2.81. The van der Waals surface area contributed by atoms with Crippen molar-refractivity contribution in [1.82, 2.24) is 0 Å². The number of benzene rings is 2. The lowest BCUT2D eigenvalue weighted by molar-refractivity contribution is 0.237. The summed E-state index contributed by atoms with van der Waals surface area (Å²) in [5, 5.41) is -0.420. The second-order valence-electron chi connectivity index (χ2n) is 10.5. The van der Waals surface area contributed by atoms with E-state index in [0.29, 0.717) is 17.9 Å². The van der Waals surface area contributed by atoms with Crippen LogP contribution in [0, 0.1) is 29.4 Å². The van der Waals surface area contributed by atoms with E-state index in [2.05, 4.69) is 31.2 Å². The number of halogens is 3. The van der Waals surface area contributed by atoms with Gasteiger partial charge in [0, 0.05) is 0 Å². The number of aryl methyl sites for hydroxylation is 2. The van der Waals surface area contributed by atoms with E-state index in [1.807, 2.05) is 0 Å². The summed E-state index contributed by atoms with van der Waals surface area (Å²) in [7, 11) is 0. The van der Waals surface area contributed by atoms with Gasteiger partial charge in [-0.2, -0.15) is 0 Å². The van der Waals surface area contributed by atoms with E-state index in [1.54, 1.807) is 0 Å². The highest BCUT2D eigenvalue weighted by atomic mass is 35.5. The van der Waals surface area contributed by atoms with Crippen molar-refractivity contribution in [1.29, 1.82) is 0 Å². The molecule has 0 nitrogen and oxygen atoms in total. The van der Waals surface area contributed by atoms with Gasteiger partial charge >= 0.3 is 0 Å². The zero-order valence-corrected chi connectivity index (χ0v) is 20.1. The van der Waals surface area contributed by atoms with Crippen molar-refractivity contribution in [2.45, 2.75) is 89.9 Å². The van der Waals surface area contributed by atoms with E-state index in [-0.39, 0.29) is 0 Å². The summed E-state index contributed by atoms with van der Waals surface area (Å²) in [6, 6.07) is 11.6. The molecule has 32 heavy (non-hydrogen) atoms. The molecular formula is C29H37ClF2. The lowest BCUT2D eigenvalue weighted by Gasteiger charge is -2.31. The van der Waals surface area contributed by atoms with Gasteiger partial charge in [-0.15, -0.1) is 0 Å². The molecule has 0 radical (unpaired) electrons. The van der Waals surface area contributed by atoms with Gasteiger partial charge in [0.05, 0.1) is 0 Å². The molecule has 2 fully saturated rings. The zero-order chi connectivity index (χ0) is 22.5. The maximum atomic E-state index is 13.6. The molecule has 2 aliphatic rings. The van der Waals surface area contributed by atoms with Crippen molar-refractivity contribution in [3.8, 4) is 0 Å². The zero-order valence-electron chi connectivity index (χ0n) is 19.4. The van der Waals surface area contributed by atoms with Crippen LogP contribution in [0.2, 0.25) is 5.02 Å². The van der Waals surface area contributed by atoms with Gasteiger partial charge < -0.3 is 0 Å². The van der Waals surface area contributed by atoms with Crippen LogP contribution in [0.4, 0.5) is 8.78 Å². The van der Waals surface area contributed by atoms with Crippen LogP contribution in [0.25, 0.3) is 0 Å². The molecule has 2 aromatic carbocycles. The summed E-state index contributed by atoms with van der Waals surface area (Å²) in [5.74, 6) is 2.22. The summed E-state index contributed by atoms with van der Waals surface area (Å²) in [6.45, 7) is 2.41. The van der Waals surface area contributed by atoms with E-state index in [0.717, 1.165) is 24.2 Å². The van der Waals surface area contributed by atoms with Crippen LogP contribution in [-0.2, 0) is 12.8 Å². The molecule has 0 unspecified atom stereocenters. The van der Waals surface area contributed by atoms with Gasteiger partial charge in [0.2, 0.25) is 0 Å². The van der Waals surface area contributed by atoms with Crippen molar-refractivity contribution < 1.29 is 8.78 Å². The lowest BCUT2D eigenvalue weighted by Crippen LogP contribution is -2.17. The number of hydrogen-bond donors (Lipinski definition) is 0. The average molecular weight is 459 g/mol. The van der Waals surface area contributed by atoms with E-state index in [4.69, 9.17) is 11.6 Å². The maximum absolute atomic E-state index is 13.6. The van der Waals surface area contributed by atoms with Crippen molar-refractivity contribution in [2.75, 3.05) is 0 Å². The molecule has 0 amide bonds. The third-order valence-electron chi connectivity index (χ3n) is 8.16. The van der Waals surface area contributed by atoms with Crippen molar-refractivity contribution in [3.63, 3.8) is 0 Å². The highest BCUT2D eigenvalue weighted by Crippen LogP contribution is 2.39. The molecule has 0 N–H and O–H groups in total. The third-order valence-corrected chi connectivity index (χ3v) is 8.52. The SMILES string of the molecule is C[C@H]1CC[C@H](CCC2CCC(c3ccc(CCc4cc(F)c(Cl)c(F)c4)cc3)CC2)CC1.